The summed E-state index contributed by atoms with van der Waals surface area (Å²) in [5, 5.41) is 72.1. The molecule has 15 N–H and O–H groups in total. The van der Waals surface area contributed by atoms with Gasteiger partial charge in [0.05, 0.1) is 75.8 Å². The molecule has 9 amide bonds. The lowest BCUT2D eigenvalue weighted by Crippen LogP contribution is -2.45. The highest BCUT2D eigenvalue weighted by atomic mass is 16.5. The molecule has 10 aliphatic rings. The number of piperidine rings is 1. The van der Waals surface area contributed by atoms with Crippen molar-refractivity contribution in [3.8, 4) is 11.8 Å². The predicted molar refractivity (Wildman–Crippen MR) is 468 cm³/mol. The van der Waals surface area contributed by atoms with Gasteiger partial charge in [-0.15, -0.1) is 0 Å². The van der Waals surface area contributed by atoms with Gasteiger partial charge in [0, 0.05) is 130 Å². The Hall–Kier alpha value is -15.2. The molecule has 4 saturated carbocycles. The second-order valence-corrected chi connectivity index (χ2v) is 31.6. The first kappa shape index (κ1) is 82.1. The van der Waals surface area contributed by atoms with E-state index in [2.05, 4.69) is 146 Å². The summed E-state index contributed by atoms with van der Waals surface area (Å²) in [7, 11) is 1.57. The zero-order chi connectivity index (χ0) is 86.5. The summed E-state index contributed by atoms with van der Waals surface area (Å²) >= 11 is 0. The highest BCUT2D eigenvalue weighted by molar-refractivity contribution is 6.05. The molecule has 8 aromatic heterocycles. The van der Waals surface area contributed by atoms with Crippen LogP contribution in [-0.2, 0) is 33.5 Å². The number of allylic oxidation sites excluding steroid dienone is 4. The fourth-order valence-electron chi connectivity index (χ4n) is 14.5. The van der Waals surface area contributed by atoms with Crippen LogP contribution in [0.5, 0.6) is 5.75 Å². The van der Waals surface area contributed by atoms with Crippen molar-refractivity contribution < 1.29 is 47.8 Å². The molecule has 10 fully saturated rings. The second-order valence-electron chi connectivity index (χ2n) is 31.6. The molecule has 4 aliphatic carbocycles. The number of aromatic nitrogens is 12. The van der Waals surface area contributed by atoms with Crippen molar-refractivity contribution in [2.75, 3.05) is 87.7 Å². The minimum Gasteiger partial charge on any atom is -0.497 e. The normalized spacial score (nSPS) is 19.3. The van der Waals surface area contributed by atoms with E-state index >= 15 is 0 Å². The average molecular weight is 1690 g/mol. The highest BCUT2D eigenvalue weighted by Gasteiger charge is 2.32. The number of hydrogen-bond acceptors (Lipinski definition) is 25. The summed E-state index contributed by atoms with van der Waals surface area (Å²) in [6.45, 7) is 19.0. The summed E-state index contributed by atoms with van der Waals surface area (Å²) in [5.74, 6) is 4.38. The number of rotatable bonds is 21. The largest absolute Gasteiger partial charge is 0.497 e. The molecule has 125 heavy (non-hydrogen) atoms. The monoisotopic (exact) mass is 1690 g/mol. The maximum Gasteiger partial charge on any atom is 0.324 e. The lowest BCUT2D eigenvalue weighted by molar-refractivity contribution is -0.129. The van der Waals surface area contributed by atoms with Crippen LogP contribution < -0.4 is 84.5 Å². The van der Waals surface area contributed by atoms with Gasteiger partial charge in [0.15, 0.2) is 22.6 Å². The SMILES string of the molecule is C=C1NC(=O)C/C1=C\c1cnn2c(NC3CC3)cc(NC(=O)C3CCNCC3)nc12.C=C1NC(=O)C/C1=C\c1cnn2c(NC3CC3)cc(NC(=O)C3CNCCO3)nc12.C=C1NC(=O)C/C1=C\c1cnn2c(NC3CC3)cc(NC(=O)Nc3cccc(OC)c3)nc12.C=C1NC(=O)C/C1=C\c1cnn2c(NC3CC3)cc(NC(=O)c3ccc(C#N)cc3)nc12. The molecule has 14 heterocycles. The third-order valence-corrected chi connectivity index (χ3v) is 21.7. The van der Waals surface area contributed by atoms with E-state index in [0.717, 1.165) is 146 Å². The maximum absolute atomic E-state index is 12.7. The molecule has 20 rings (SSSR count). The number of ether oxygens (including phenoxy) is 2. The Balaban J connectivity index is 0.000000118. The fourth-order valence-corrected chi connectivity index (χ4v) is 14.5. The summed E-state index contributed by atoms with van der Waals surface area (Å²) in [6.07, 6.45) is 25.1. The molecule has 38 nitrogen and oxygen atoms in total. The van der Waals surface area contributed by atoms with E-state index in [1.807, 2.05) is 36.4 Å². The van der Waals surface area contributed by atoms with Crippen LogP contribution in [-0.4, -0.2) is 176 Å². The molecule has 38 heteroatoms. The minimum atomic E-state index is -0.554. The summed E-state index contributed by atoms with van der Waals surface area (Å²) in [5.41, 5.74) is 12.3. The van der Waals surface area contributed by atoms with Crippen LogP contribution in [0.4, 0.5) is 57.0 Å². The number of methoxy groups -OCH3 is 1. The van der Waals surface area contributed by atoms with Gasteiger partial charge in [-0.2, -0.15) is 43.7 Å². The second kappa shape index (κ2) is 35.8. The summed E-state index contributed by atoms with van der Waals surface area (Å²) in [4.78, 5) is 116. The molecular formula is C87H90N28O10. The average Bonchev–Trinajstić information content (AvgIpc) is 1.66. The first-order valence-electron chi connectivity index (χ1n) is 41.2. The number of morpholine rings is 1. The standard InChI is InChI=1S/C23H23N7O3.C23H19N7O2.C21H25N7O2.C20H23N7O3/c1-13-14(9-21(31)25-13)8-15-12-24-30-20(26-16-6-7-16)11-19(28-22(15)30)29-23(32)27-17-4-3-5-18(10-17)33-2;1-13-16(9-21(31)26-13)8-17-12-25-30-20(27-18-6-7-18)10-19(28-22(17)30)29-23(32)15-4-2-14(11-24)3-5-15;1-12-14(9-19(29)24-12)8-15-11-23-28-18(25-16-2-3-16)10-17(26-20(15)28)27-21(30)13-4-6-22-7-5-13;1-11-12(7-18(28)23-11)6-13-9-22-27-17(24-14-2-3-14)8-16(25-19(13)27)26-20(29)15-10-21-4-5-30-15/h3-5,8,10-12,16,26H,1,6-7,9H2,2H3,(H,25,31)(H2,27,28,29,32);2-5,8,10,12,18,27H,1,6-7,9H2,(H,26,31)(H,28,29,32);8,10-11,13,16,22,25H,1-7,9H2,(H,24,29)(H,26,27,30);6,8-9,14-15,21,24H,1-5,7,10H2,(H,23,28)(H,25,26,29)/b14-8+;16-8+;14-8+;12-6+. The Morgan fingerprint density at radius 3 is 1.21 bits per heavy atom. The van der Waals surface area contributed by atoms with Gasteiger partial charge in [0.2, 0.25) is 29.5 Å². The van der Waals surface area contributed by atoms with E-state index in [-0.39, 0.29) is 73.0 Å². The number of nitrogens with zero attached hydrogens (tertiary/aromatic N) is 13. The number of benzene rings is 2. The van der Waals surface area contributed by atoms with Crippen LogP contribution in [0.15, 0.2) is 169 Å². The van der Waals surface area contributed by atoms with Crippen LogP contribution >= 0.6 is 0 Å². The molecule has 1 atom stereocenters. The van der Waals surface area contributed by atoms with Crippen LogP contribution in [0.25, 0.3) is 46.9 Å². The Bertz CT molecular complexity index is 6100. The van der Waals surface area contributed by atoms with Crippen molar-refractivity contribution in [2.24, 2.45) is 5.92 Å². The van der Waals surface area contributed by atoms with E-state index in [1.54, 1.807) is 117 Å². The fraction of sp³-hybridized carbons (Fsp3) is 0.299. The summed E-state index contributed by atoms with van der Waals surface area (Å²) < 4.78 is 17.6. The van der Waals surface area contributed by atoms with Gasteiger partial charge < -0.3 is 83.9 Å². The third kappa shape index (κ3) is 20.0. The molecule has 0 spiro atoms. The van der Waals surface area contributed by atoms with E-state index in [1.165, 1.54) is 0 Å². The molecule has 0 radical (unpaired) electrons. The topological polar surface area (TPSA) is 480 Å². The molecule has 6 aliphatic heterocycles. The van der Waals surface area contributed by atoms with E-state index in [4.69, 9.17) is 14.7 Å². The number of anilines is 9. The lowest BCUT2D eigenvalue weighted by Gasteiger charge is -2.22. The highest BCUT2D eigenvalue weighted by Crippen LogP contribution is 2.36. The molecule has 638 valence electrons. The first-order chi connectivity index (χ1) is 60.6. The Kier molecular flexibility index (Phi) is 23.5. The van der Waals surface area contributed by atoms with Crippen LogP contribution in [0.3, 0.4) is 0 Å². The predicted octanol–water partition coefficient (Wildman–Crippen LogP) is 8.52. The van der Waals surface area contributed by atoms with Crippen LogP contribution in [0.2, 0.25) is 0 Å². The number of nitriles is 1. The Morgan fingerprint density at radius 2 is 0.856 bits per heavy atom. The first-order valence-corrected chi connectivity index (χ1v) is 41.2. The number of nitrogens with one attached hydrogen (secondary N) is 15. The van der Waals surface area contributed by atoms with E-state index < -0.39 is 12.1 Å². The minimum absolute atomic E-state index is 0.00380. The van der Waals surface area contributed by atoms with E-state index in [0.29, 0.717) is 134 Å². The van der Waals surface area contributed by atoms with Crippen molar-refractivity contribution in [1.29, 1.82) is 5.26 Å². The van der Waals surface area contributed by atoms with Gasteiger partial charge in [0.25, 0.3) is 11.8 Å². The molecular weight excluding hydrogens is 1600 g/mol. The van der Waals surface area contributed by atoms with Crippen molar-refractivity contribution in [3.63, 3.8) is 0 Å². The van der Waals surface area contributed by atoms with Crippen LogP contribution in [0, 0.1) is 17.2 Å². The number of hydrogen-bond donors (Lipinski definition) is 15. The zero-order valence-electron chi connectivity index (χ0n) is 68.2. The quantitative estimate of drug-likeness (QED) is 0.0320. The van der Waals surface area contributed by atoms with Crippen molar-refractivity contribution in [2.45, 2.75) is 120 Å². The zero-order valence-corrected chi connectivity index (χ0v) is 68.2. The molecule has 10 aromatic rings. The number of fused-ring (bicyclic) bond motifs is 4. The number of carbonyl (C=O) groups is 8. The third-order valence-electron chi connectivity index (χ3n) is 21.7. The molecule has 6 saturated heterocycles. The maximum atomic E-state index is 12.7. The van der Waals surface area contributed by atoms with Gasteiger partial charge in [-0.25, -0.2) is 24.7 Å². The van der Waals surface area contributed by atoms with Gasteiger partial charge >= 0.3 is 6.03 Å². The van der Waals surface area contributed by atoms with E-state index in [9.17, 15) is 38.4 Å². The summed E-state index contributed by atoms with van der Waals surface area (Å²) in [6, 6.07) is 23.7. The Labute approximate surface area is 714 Å². The van der Waals surface area contributed by atoms with Gasteiger partial charge in [-0.3, -0.25) is 38.9 Å². The molecule has 1 unspecified atom stereocenters. The van der Waals surface area contributed by atoms with Gasteiger partial charge in [-0.1, -0.05) is 32.4 Å². The number of amides is 9. The Morgan fingerprint density at radius 1 is 0.472 bits per heavy atom. The number of carbonyl (C=O) groups excluding carboxylic acids is 8. The van der Waals surface area contributed by atoms with Crippen molar-refractivity contribution in [1.82, 2.24) is 90.3 Å². The molecule has 2 aromatic carbocycles. The van der Waals surface area contributed by atoms with Crippen molar-refractivity contribution >= 4 is 147 Å². The lowest BCUT2D eigenvalue weighted by atomic mass is 9.97. The number of urea groups is 1. The van der Waals surface area contributed by atoms with Crippen molar-refractivity contribution in [3.05, 3.63) is 202 Å². The molecule has 0 bridgehead atoms. The van der Waals surface area contributed by atoms with Gasteiger partial charge in [-0.05, 0) is 160 Å². The van der Waals surface area contributed by atoms with Gasteiger partial charge in [0.1, 0.15) is 58.4 Å². The van der Waals surface area contributed by atoms with Crippen LogP contribution in [0.1, 0.15) is 128 Å². The smallest absolute Gasteiger partial charge is 0.324 e.